The number of aliphatic hydroxyl groups excluding tert-OH is 2. The first-order chi connectivity index (χ1) is 55.2. The van der Waals surface area contributed by atoms with Gasteiger partial charge in [-0.15, -0.1) is 0 Å². The zero-order valence-electron chi connectivity index (χ0n) is 67.8. The number of nitro groups is 5. The number of Topliss-reactive ketones (excluding diaryl/α,β-unsaturated/α-hetero) is 1. The average Bonchev–Trinajstić information content (AvgIpc) is 1.65. The number of aromatic nitrogens is 8. The molecule has 0 saturated carbocycles. The Morgan fingerprint density at radius 3 is 1.17 bits per heavy atom. The van der Waals surface area contributed by atoms with Crippen molar-refractivity contribution in [1.29, 1.82) is 0 Å². The van der Waals surface area contributed by atoms with Crippen molar-refractivity contribution < 1.29 is 122 Å². The first kappa shape index (κ1) is 102. The van der Waals surface area contributed by atoms with Gasteiger partial charge in [0.15, 0.2) is 23.3 Å². The number of amidine groups is 2. The van der Waals surface area contributed by atoms with Gasteiger partial charge in [0, 0.05) is 58.0 Å². The summed E-state index contributed by atoms with van der Waals surface area (Å²) >= 11 is 0. The number of amides is 1. The minimum atomic E-state index is -1.28. The molecule has 4 aromatic heterocycles. The zero-order chi connectivity index (χ0) is 88.1. The molecule has 10 N–H and O–H groups in total. The van der Waals surface area contributed by atoms with Gasteiger partial charge in [-0.3, -0.25) is 65.5 Å². The summed E-state index contributed by atoms with van der Waals surface area (Å²) in [4.78, 5) is 126. The second-order valence-electron chi connectivity index (χ2n) is 24.1. The van der Waals surface area contributed by atoms with E-state index in [1.54, 1.807) is 77.9 Å². The fourth-order valence-electron chi connectivity index (χ4n) is 8.79. The second-order valence-corrected chi connectivity index (χ2v) is 24.1. The van der Waals surface area contributed by atoms with Crippen LogP contribution in [0, 0.1) is 92.1 Å². The van der Waals surface area contributed by atoms with Crippen LogP contribution in [0.5, 0.6) is 0 Å². The van der Waals surface area contributed by atoms with Crippen molar-refractivity contribution in [2.75, 3.05) is 53.7 Å². The third kappa shape index (κ3) is 33.1. The molecule has 3 radical (unpaired) electrons. The SMILES string of the molecule is CC(=O)/C(N)=N/O.CCO.CCOC(=O)/C(=N/O)NC(=O)c1cc(C)ccc1[N+](=O)[O-].CCOC(=O)c1noc(-c2cc(C)ccc2[N+](=O)[O-])n1.Cc1ccc(N)c(-c2nc(CN(C)C)no2)c1.Cc1ccc([N+](=O)[O-])c(-c2nc(CN(C)C)no2)c1.Cc1ccc([N+](=O)[O-])c(-c2nc(CO)no2)c1.Cc1ccc([N+](=O)[O-])c(C(=O)O)c1.[B].[H-].[Li+]. The number of nitrogens with two attached hydrogens (primary N) is 2. The van der Waals surface area contributed by atoms with E-state index in [4.69, 9.17) is 60.0 Å². The number of aromatic carboxylic acids is 1. The number of esters is 2. The molecule has 0 unspecified atom stereocenters. The number of carboxylic acids is 1. The Morgan fingerprint density at radius 1 is 0.504 bits per heavy atom. The summed E-state index contributed by atoms with van der Waals surface area (Å²) in [5, 5.41) is 117. The Balaban J connectivity index is 0.00000138. The van der Waals surface area contributed by atoms with Gasteiger partial charge in [0.1, 0.15) is 34.4 Å². The number of hydrogen-bond acceptors (Lipinski definition) is 38. The summed E-state index contributed by atoms with van der Waals surface area (Å²) in [5.41, 5.74) is 16.2. The maximum Gasteiger partial charge on any atom is 1.00 e. The topological polar surface area (TPSA) is 672 Å². The van der Waals surface area contributed by atoms with Crippen LogP contribution in [-0.4, -0.2) is 198 Å². The molecule has 0 saturated heterocycles. The van der Waals surface area contributed by atoms with Crippen LogP contribution in [0.4, 0.5) is 34.1 Å². The van der Waals surface area contributed by atoms with Crippen LogP contribution in [0.2, 0.25) is 0 Å². The Bertz CT molecular complexity index is 5210. The molecule has 0 bridgehead atoms. The number of oxime groups is 2. The van der Waals surface area contributed by atoms with Crippen molar-refractivity contribution in [2.45, 2.75) is 88.9 Å². The maximum atomic E-state index is 12.0. The molecule has 0 aliphatic carbocycles. The van der Waals surface area contributed by atoms with Gasteiger partial charge >= 0.3 is 36.8 Å². The molecule has 0 spiro atoms. The van der Waals surface area contributed by atoms with Crippen molar-refractivity contribution in [3.63, 3.8) is 0 Å². The summed E-state index contributed by atoms with van der Waals surface area (Å²) in [7, 11) is 7.67. The normalized spacial score (nSPS) is 10.3. The number of anilines is 1. The van der Waals surface area contributed by atoms with E-state index in [-0.39, 0.29) is 135 Å². The largest absolute Gasteiger partial charge is 1.00 e. The van der Waals surface area contributed by atoms with E-state index < -0.39 is 65.7 Å². The van der Waals surface area contributed by atoms with E-state index in [9.17, 15) is 74.5 Å². The minimum absolute atomic E-state index is 0. The standard InChI is InChI=1S/C12H14N4O3.C12H16N4O.C12H13N3O6.C12H11N3O5.C10H9N3O4.C8H7NO4.C3H6N2O2.C2H6O.B.Li.H/c1-8-4-5-10(16(17)18)9(6-8)12-13-11(14-19-12)7-15(2)3;1-8-4-5-10(13)9(6-8)12-14-11(15-17-12)7-16(2)3;1-3-21-12(17)10(14-18)13-11(16)8-6-7(2)4-5-9(8)15(19)20;1-3-19-12(16)10-13-11(20-14-10)8-6-7(2)4-5-9(8)15(17)18;1-6-2-3-8(13(15)16)7(4-6)10-11-9(5-14)12-17-10;1-5-2-3-7(9(12)13)6(4-5)8(10)11;1-2(6)3(4)5-7;1-2-3;;;/h4-6H,7H2,1-3H3;4-6H,7,13H2,1-3H3;4-6,18H,3H2,1-2H3,(H,13,14,16);4-6H,3H2,1-2H3;2-4,14H,5H2,1H3;2-4H,1H3,(H,10,11);7H,1H3,(H2,4,5);3H,2H2,1H3;;;/q;;;;;;;;;+1;-1. The number of nitrogens with one attached hydrogen (secondary N) is 1. The molecule has 6 aromatic carbocycles. The van der Waals surface area contributed by atoms with E-state index in [1.807, 2.05) is 75.4 Å². The van der Waals surface area contributed by atoms with Crippen LogP contribution in [0.1, 0.15) is 111 Å². The third-order valence-corrected chi connectivity index (χ3v) is 14.0. The number of ether oxygens (including phenoxy) is 2. The number of nitrogens with zero attached hydrogens (tertiary/aromatic N) is 17. The molecule has 627 valence electrons. The molecule has 0 fully saturated rings. The number of aryl methyl sites for hydroxylation is 6. The Hall–Kier alpha value is -14.5. The van der Waals surface area contributed by atoms with Crippen molar-refractivity contribution >= 4 is 83.8 Å². The van der Waals surface area contributed by atoms with Crippen molar-refractivity contribution in [1.82, 2.24) is 55.7 Å². The van der Waals surface area contributed by atoms with Crippen LogP contribution in [0.15, 0.2) is 138 Å². The smallest absolute Gasteiger partial charge is 1.00 e. The molecule has 0 atom stereocenters. The predicted octanol–water partition coefficient (Wildman–Crippen LogP) is 5.92. The van der Waals surface area contributed by atoms with Crippen LogP contribution in [-0.2, 0) is 38.8 Å². The number of carboxylic acid groups (broad SMARTS) is 1. The predicted molar refractivity (Wildman–Crippen MR) is 419 cm³/mol. The van der Waals surface area contributed by atoms with Gasteiger partial charge in [-0.1, -0.05) is 67.7 Å². The van der Waals surface area contributed by atoms with Crippen LogP contribution in [0.3, 0.4) is 0 Å². The Kier molecular flexibility index (Phi) is 43.6. The van der Waals surface area contributed by atoms with Crippen LogP contribution >= 0.6 is 0 Å². The summed E-state index contributed by atoms with van der Waals surface area (Å²) in [6.45, 7) is 18.0. The quantitative estimate of drug-likeness (QED) is 0.00641. The molecule has 10 rings (SSSR count). The molecule has 46 nitrogen and oxygen atoms in total. The second kappa shape index (κ2) is 50.6. The van der Waals surface area contributed by atoms with Crippen molar-refractivity contribution in [2.24, 2.45) is 16.0 Å². The van der Waals surface area contributed by atoms with Gasteiger partial charge < -0.3 is 76.0 Å². The molecule has 10 aromatic rings. The number of hydrogen-bond donors (Lipinski definition) is 8. The Morgan fingerprint density at radius 2 is 0.832 bits per heavy atom. The molecule has 48 heteroatoms. The molecule has 4 heterocycles. The number of nitro benzene ring substituents is 5. The molecule has 119 heavy (non-hydrogen) atoms. The number of ketones is 1. The maximum absolute atomic E-state index is 12.0. The monoisotopic (exact) mass is 1650 g/mol. The summed E-state index contributed by atoms with van der Waals surface area (Å²) < 4.78 is 29.4. The van der Waals surface area contributed by atoms with Crippen molar-refractivity contribution in [3.05, 3.63) is 228 Å². The van der Waals surface area contributed by atoms with E-state index in [2.05, 4.69) is 55.6 Å². The van der Waals surface area contributed by atoms with E-state index in [0.717, 1.165) is 27.8 Å². The minimum Gasteiger partial charge on any atom is -1.00 e. The van der Waals surface area contributed by atoms with E-state index in [1.165, 1.54) is 68.4 Å². The van der Waals surface area contributed by atoms with Gasteiger partial charge in [-0.25, -0.2) is 14.4 Å². The fourth-order valence-corrected chi connectivity index (χ4v) is 8.79. The fraction of sp³-hybridized carbons (Fsp3) is 0.282. The summed E-state index contributed by atoms with van der Waals surface area (Å²) in [5.74, 6) is -4.00. The average molecular weight is 1650 g/mol. The number of nitrogen functional groups attached to an aromatic ring is 1. The summed E-state index contributed by atoms with van der Waals surface area (Å²) in [6, 6.07) is 27.5. The van der Waals surface area contributed by atoms with Gasteiger partial charge in [-0.05, 0) is 166 Å². The molecule has 0 aliphatic heterocycles. The zero-order valence-corrected chi connectivity index (χ0v) is 66.8. The molecule has 0 aliphatic rings. The number of benzene rings is 6. The number of aliphatic hydroxyl groups is 2. The van der Waals surface area contributed by atoms with Crippen LogP contribution in [0.25, 0.3) is 45.8 Å². The molecular formula is C71H83BLiN20O26. The van der Waals surface area contributed by atoms with Crippen molar-refractivity contribution in [3.8, 4) is 45.8 Å². The summed E-state index contributed by atoms with van der Waals surface area (Å²) in [6.07, 6.45) is 0. The number of carbonyl (C=O) groups excluding carboxylic acids is 4. The first-order valence-electron chi connectivity index (χ1n) is 33.7. The van der Waals surface area contributed by atoms with Crippen LogP contribution < -0.4 is 35.6 Å². The van der Waals surface area contributed by atoms with Gasteiger partial charge in [0.2, 0.25) is 5.84 Å². The van der Waals surface area contributed by atoms with E-state index in [0.29, 0.717) is 53.0 Å². The number of rotatable bonds is 20. The van der Waals surface area contributed by atoms with Gasteiger partial charge in [0.05, 0.1) is 56.5 Å². The third-order valence-electron chi connectivity index (χ3n) is 14.0. The van der Waals surface area contributed by atoms with Gasteiger partial charge in [0.25, 0.3) is 69.6 Å². The molecule has 1 amide bonds. The number of carbonyl (C=O) groups is 5. The van der Waals surface area contributed by atoms with Gasteiger partial charge in [-0.2, -0.15) is 19.9 Å². The Labute approximate surface area is 690 Å². The van der Waals surface area contributed by atoms with E-state index >= 15 is 0 Å². The molecular weight excluding hydrogens is 1570 g/mol. The first-order valence-corrected chi connectivity index (χ1v) is 33.7.